The van der Waals surface area contributed by atoms with E-state index in [9.17, 15) is 9.59 Å². The molecule has 0 radical (unpaired) electrons. The van der Waals surface area contributed by atoms with E-state index in [2.05, 4.69) is 46.5 Å². The number of hydrogen-bond acceptors (Lipinski definition) is 2. The van der Waals surface area contributed by atoms with Crippen molar-refractivity contribution < 1.29 is 9.59 Å². The van der Waals surface area contributed by atoms with E-state index >= 15 is 0 Å². The largest absolute Gasteiger partial charge is 0.325 e. The molecule has 1 aromatic rings. The van der Waals surface area contributed by atoms with E-state index in [4.69, 9.17) is 0 Å². The highest BCUT2D eigenvalue weighted by Crippen LogP contribution is 2.59. The molecular weight excluding hydrogens is 356 g/mol. The van der Waals surface area contributed by atoms with Crippen LogP contribution in [0.5, 0.6) is 0 Å². The summed E-state index contributed by atoms with van der Waals surface area (Å²) in [5.41, 5.74) is 2.39. The van der Waals surface area contributed by atoms with Gasteiger partial charge >= 0.3 is 0 Å². The molecule has 0 aliphatic heterocycles. The van der Waals surface area contributed by atoms with Gasteiger partial charge in [-0.3, -0.25) is 9.59 Å². The highest BCUT2D eigenvalue weighted by atomic mass is 79.9. The Morgan fingerprint density at radius 2 is 1.78 bits per heavy atom. The van der Waals surface area contributed by atoms with E-state index < -0.39 is 0 Å². The Morgan fingerprint density at radius 3 is 2.35 bits per heavy atom. The fraction of sp³-hybridized carbons (Fsp3) is 0.444. The fourth-order valence-corrected chi connectivity index (χ4v) is 3.34. The quantitative estimate of drug-likeness (QED) is 0.752. The first-order valence-corrected chi connectivity index (χ1v) is 8.45. The Morgan fingerprint density at radius 1 is 1.13 bits per heavy atom. The Labute approximate surface area is 145 Å². The summed E-state index contributed by atoms with van der Waals surface area (Å²) in [6.45, 7) is 9.76. The van der Waals surface area contributed by atoms with Gasteiger partial charge in [0.2, 0.25) is 11.8 Å². The number of hydrogen-bond donors (Lipinski definition) is 2. The Bertz CT molecular complexity index is 676. The van der Waals surface area contributed by atoms with Gasteiger partial charge in [0.05, 0.1) is 17.3 Å². The van der Waals surface area contributed by atoms with Crippen LogP contribution in [0.3, 0.4) is 0 Å². The van der Waals surface area contributed by atoms with Crippen LogP contribution in [0.4, 0.5) is 11.4 Å². The Balaban J connectivity index is 2.20. The minimum Gasteiger partial charge on any atom is -0.325 e. The maximum atomic E-state index is 12.7. The van der Waals surface area contributed by atoms with E-state index in [-0.39, 0.29) is 29.1 Å². The SMILES string of the molecule is CC(=O)Nc1ccc(Br)cc1NC(=O)C1C(C=C(C)C)C1(C)C. The van der Waals surface area contributed by atoms with E-state index in [1.54, 1.807) is 12.1 Å². The number of nitrogens with one attached hydrogen (secondary N) is 2. The summed E-state index contributed by atoms with van der Waals surface area (Å²) in [6.07, 6.45) is 2.17. The molecule has 0 saturated heterocycles. The predicted molar refractivity (Wildman–Crippen MR) is 97.3 cm³/mol. The number of benzene rings is 1. The molecule has 1 aromatic carbocycles. The number of carbonyl (C=O) groups excluding carboxylic acids is 2. The molecule has 1 aliphatic rings. The number of allylic oxidation sites excluding steroid dienone is 2. The van der Waals surface area contributed by atoms with Gasteiger partial charge in [0.1, 0.15) is 0 Å². The van der Waals surface area contributed by atoms with E-state index in [0.717, 1.165) is 4.47 Å². The summed E-state index contributed by atoms with van der Waals surface area (Å²) in [4.78, 5) is 24.0. The van der Waals surface area contributed by atoms with Gasteiger partial charge in [-0.15, -0.1) is 0 Å². The Kier molecular flexibility index (Phi) is 4.99. The molecule has 1 aliphatic carbocycles. The maximum Gasteiger partial charge on any atom is 0.228 e. The van der Waals surface area contributed by atoms with Gasteiger partial charge in [0.25, 0.3) is 0 Å². The molecule has 23 heavy (non-hydrogen) atoms. The van der Waals surface area contributed by atoms with E-state index in [1.165, 1.54) is 12.5 Å². The van der Waals surface area contributed by atoms with Crippen LogP contribution in [0.25, 0.3) is 0 Å². The van der Waals surface area contributed by atoms with Gasteiger partial charge in [-0.25, -0.2) is 0 Å². The van der Waals surface area contributed by atoms with Gasteiger partial charge in [-0.1, -0.05) is 41.4 Å². The van der Waals surface area contributed by atoms with Crippen LogP contribution in [0.1, 0.15) is 34.6 Å². The molecule has 5 heteroatoms. The van der Waals surface area contributed by atoms with Gasteiger partial charge in [0, 0.05) is 11.4 Å². The number of halogens is 1. The van der Waals surface area contributed by atoms with Crippen molar-refractivity contribution in [3.8, 4) is 0 Å². The lowest BCUT2D eigenvalue weighted by Gasteiger charge is -2.12. The van der Waals surface area contributed by atoms with Crippen molar-refractivity contribution in [2.45, 2.75) is 34.6 Å². The molecule has 2 atom stereocenters. The summed E-state index contributed by atoms with van der Waals surface area (Å²) < 4.78 is 0.845. The average molecular weight is 379 g/mol. The van der Waals surface area contributed by atoms with Gasteiger partial charge in [-0.2, -0.15) is 0 Å². The second-order valence-corrected chi connectivity index (χ2v) is 7.84. The fourth-order valence-electron chi connectivity index (χ4n) is 2.98. The lowest BCUT2D eigenvalue weighted by atomic mass is 10.1. The first-order chi connectivity index (χ1) is 10.6. The van der Waals surface area contributed by atoms with Crippen LogP contribution >= 0.6 is 15.9 Å². The minimum atomic E-state index is -0.169. The third kappa shape index (κ3) is 4.02. The molecular formula is C18H23BrN2O2. The summed E-state index contributed by atoms with van der Waals surface area (Å²) in [5, 5.41) is 5.71. The summed E-state index contributed by atoms with van der Waals surface area (Å²) in [6, 6.07) is 5.40. The molecule has 0 aromatic heterocycles. The van der Waals surface area contributed by atoms with Crippen molar-refractivity contribution in [2.75, 3.05) is 10.6 Å². The van der Waals surface area contributed by atoms with Crippen LogP contribution in [0.2, 0.25) is 0 Å². The zero-order valence-electron chi connectivity index (χ0n) is 14.2. The average Bonchev–Trinajstić information content (AvgIpc) is 2.92. The summed E-state index contributed by atoms with van der Waals surface area (Å²) in [7, 11) is 0. The number of amides is 2. The molecule has 1 saturated carbocycles. The van der Waals surface area contributed by atoms with Crippen molar-refractivity contribution in [1.29, 1.82) is 0 Å². The third-order valence-electron chi connectivity index (χ3n) is 4.26. The molecule has 124 valence electrons. The lowest BCUT2D eigenvalue weighted by molar-refractivity contribution is -0.118. The molecule has 0 heterocycles. The highest BCUT2D eigenvalue weighted by molar-refractivity contribution is 9.10. The van der Waals surface area contributed by atoms with Crippen molar-refractivity contribution >= 4 is 39.1 Å². The van der Waals surface area contributed by atoms with E-state index in [0.29, 0.717) is 11.4 Å². The molecule has 4 nitrogen and oxygen atoms in total. The molecule has 2 amide bonds. The zero-order chi connectivity index (χ0) is 17.4. The molecule has 2 rings (SSSR count). The second-order valence-electron chi connectivity index (χ2n) is 6.93. The van der Waals surface area contributed by atoms with Crippen LogP contribution < -0.4 is 10.6 Å². The molecule has 0 bridgehead atoms. The second kappa shape index (κ2) is 6.48. The van der Waals surface area contributed by atoms with Crippen LogP contribution in [-0.4, -0.2) is 11.8 Å². The number of anilines is 2. The van der Waals surface area contributed by atoms with E-state index in [1.807, 2.05) is 19.9 Å². The first kappa shape index (κ1) is 17.7. The third-order valence-corrected chi connectivity index (χ3v) is 4.75. The first-order valence-electron chi connectivity index (χ1n) is 7.66. The lowest BCUT2D eigenvalue weighted by Crippen LogP contribution is -2.18. The van der Waals surface area contributed by atoms with Crippen LogP contribution in [0.15, 0.2) is 34.3 Å². The van der Waals surface area contributed by atoms with Crippen molar-refractivity contribution in [1.82, 2.24) is 0 Å². The van der Waals surface area contributed by atoms with Crippen LogP contribution in [0, 0.1) is 17.3 Å². The molecule has 0 spiro atoms. The van der Waals surface area contributed by atoms with Crippen molar-refractivity contribution in [3.63, 3.8) is 0 Å². The highest BCUT2D eigenvalue weighted by Gasteiger charge is 2.60. The van der Waals surface area contributed by atoms with Gasteiger partial charge in [0.15, 0.2) is 0 Å². The predicted octanol–water partition coefficient (Wildman–Crippen LogP) is 4.58. The summed E-state index contributed by atoms with van der Waals surface area (Å²) in [5.74, 6) is 0.0182. The molecule has 2 unspecified atom stereocenters. The molecule has 2 N–H and O–H groups in total. The topological polar surface area (TPSA) is 58.2 Å². The van der Waals surface area contributed by atoms with Gasteiger partial charge in [-0.05, 0) is 43.4 Å². The smallest absolute Gasteiger partial charge is 0.228 e. The monoisotopic (exact) mass is 378 g/mol. The number of carbonyl (C=O) groups is 2. The normalized spacial score (nSPS) is 21.3. The van der Waals surface area contributed by atoms with Gasteiger partial charge < -0.3 is 10.6 Å². The molecule has 1 fully saturated rings. The summed E-state index contributed by atoms with van der Waals surface area (Å²) >= 11 is 3.40. The maximum absolute atomic E-state index is 12.7. The van der Waals surface area contributed by atoms with Crippen molar-refractivity contribution in [3.05, 3.63) is 34.3 Å². The number of rotatable bonds is 4. The van der Waals surface area contributed by atoms with Crippen LogP contribution in [-0.2, 0) is 9.59 Å². The minimum absolute atomic E-state index is 0.0118. The Hall–Kier alpha value is -1.62. The standard InChI is InChI=1S/C18H23BrN2O2/c1-10(2)8-13-16(18(13,4)5)17(23)21-15-9-12(19)6-7-14(15)20-11(3)22/h6-9,13,16H,1-5H3,(H,20,22)(H,21,23). The zero-order valence-corrected chi connectivity index (χ0v) is 15.7. The van der Waals surface area contributed by atoms with Crippen molar-refractivity contribution in [2.24, 2.45) is 17.3 Å².